The summed E-state index contributed by atoms with van der Waals surface area (Å²) in [6, 6.07) is 9.59. The second-order valence-corrected chi connectivity index (χ2v) is 7.16. The Morgan fingerprint density at radius 1 is 1.35 bits per heavy atom. The maximum absolute atomic E-state index is 12.6. The highest BCUT2D eigenvalue weighted by Crippen LogP contribution is 2.24. The molecule has 0 aliphatic heterocycles. The fraction of sp³-hybridized carbons (Fsp3) is 0.267. The zero-order valence-corrected chi connectivity index (χ0v) is 13.9. The second-order valence-electron chi connectivity index (χ2n) is 4.62. The summed E-state index contributed by atoms with van der Waals surface area (Å²) in [6.07, 6.45) is 0. The molecule has 2 aromatic rings. The lowest BCUT2D eigenvalue weighted by atomic mass is 10.1. The normalized spacial score (nSPS) is 10.6. The van der Waals surface area contributed by atoms with Gasteiger partial charge in [0, 0.05) is 17.1 Å². The number of amides is 1. The topological polar surface area (TPSA) is 46.3 Å². The first-order chi connectivity index (χ1) is 9.51. The highest BCUT2D eigenvalue weighted by Gasteiger charge is 2.17. The molecule has 0 spiro atoms. The van der Waals surface area contributed by atoms with E-state index < -0.39 is 0 Å². The summed E-state index contributed by atoms with van der Waals surface area (Å²) in [4.78, 5) is 15.6. The van der Waals surface area contributed by atoms with Crippen molar-refractivity contribution in [2.24, 2.45) is 0 Å². The summed E-state index contributed by atoms with van der Waals surface area (Å²) in [5.74, 6) is -0.0155. The Hall–Kier alpha value is -1.33. The lowest BCUT2D eigenvalue weighted by Gasteiger charge is -2.21. The van der Waals surface area contributed by atoms with Gasteiger partial charge in [-0.25, -0.2) is 0 Å². The van der Waals surface area contributed by atoms with Crippen LogP contribution in [0.5, 0.6) is 0 Å². The summed E-state index contributed by atoms with van der Waals surface area (Å²) in [7, 11) is 0. The molecule has 2 N–H and O–H groups in total. The molecule has 0 saturated carbocycles. The molecule has 5 heteroatoms. The molecule has 1 aromatic heterocycles. The molecule has 1 aromatic carbocycles. The Balaban J connectivity index is 2.22. The summed E-state index contributed by atoms with van der Waals surface area (Å²) < 4.78 is 1.08. The fourth-order valence-corrected chi connectivity index (χ4v) is 3.48. The number of rotatable bonds is 4. The average Bonchev–Trinajstić information content (AvgIpc) is 2.83. The molecule has 106 valence electrons. The molecule has 20 heavy (non-hydrogen) atoms. The average molecular weight is 353 g/mol. The first-order valence-electron chi connectivity index (χ1n) is 6.41. The molecular formula is C15H17BrN2OS. The first-order valence-corrected chi connectivity index (χ1v) is 8.01. The Kier molecular flexibility index (Phi) is 4.83. The number of nitrogen functional groups attached to an aromatic ring is 1. The minimum absolute atomic E-state index is 0.0155. The van der Waals surface area contributed by atoms with Gasteiger partial charge in [-0.2, -0.15) is 0 Å². The Labute approximate surface area is 131 Å². The van der Waals surface area contributed by atoms with Gasteiger partial charge >= 0.3 is 0 Å². The molecule has 2 rings (SSSR count). The van der Waals surface area contributed by atoms with Crippen molar-refractivity contribution in [3.05, 3.63) is 50.1 Å². The van der Waals surface area contributed by atoms with E-state index in [1.807, 2.05) is 43.0 Å². The van der Waals surface area contributed by atoms with Gasteiger partial charge in [0.25, 0.3) is 5.91 Å². The van der Waals surface area contributed by atoms with E-state index in [0.717, 1.165) is 14.2 Å². The van der Waals surface area contributed by atoms with E-state index in [2.05, 4.69) is 15.9 Å². The Morgan fingerprint density at radius 3 is 2.70 bits per heavy atom. The number of nitrogens with two attached hydrogens (primary N) is 1. The predicted octanol–water partition coefficient (Wildman–Crippen LogP) is 4.06. The molecule has 0 saturated heterocycles. The van der Waals surface area contributed by atoms with Gasteiger partial charge in [-0.3, -0.25) is 4.79 Å². The molecular weight excluding hydrogens is 336 g/mol. The molecule has 0 atom stereocenters. The monoisotopic (exact) mass is 352 g/mol. The standard InChI is InChI=1S/C15H17BrN2OS/c1-3-18(9-11-5-7-14(16)20-11)15(19)12-8-10(2)4-6-13(12)17/h4-8H,3,9,17H2,1-2H3. The third-order valence-corrected chi connectivity index (χ3v) is 4.69. The van der Waals surface area contributed by atoms with Crippen LogP contribution in [0.25, 0.3) is 0 Å². The molecule has 0 aliphatic rings. The zero-order valence-electron chi connectivity index (χ0n) is 11.5. The highest BCUT2D eigenvalue weighted by atomic mass is 79.9. The van der Waals surface area contributed by atoms with Gasteiger partial charge in [0.15, 0.2) is 0 Å². The van der Waals surface area contributed by atoms with Crippen molar-refractivity contribution in [1.29, 1.82) is 0 Å². The summed E-state index contributed by atoms with van der Waals surface area (Å²) in [5.41, 5.74) is 8.09. The van der Waals surface area contributed by atoms with Gasteiger partial charge in [0.05, 0.1) is 15.9 Å². The van der Waals surface area contributed by atoms with Crippen molar-refractivity contribution < 1.29 is 4.79 Å². The maximum atomic E-state index is 12.6. The van der Waals surface area contributed by atoms with Crippen molar-refractivity contribution in [1.82, 2.24) is 4.90 Å². The molecule has 1 heterocycles. The van der Waals surface area contributed by atoms with Crippen molar-refractivity contribution in [2.45, 2.75) is 20.4 Å². The Bertz CT molecular complexity index is 624. The van der Waals surface area contributed by atoms with Gasteiger partial charge in [0.1, 0.15) is 0 Å². The fourth-order valence-electron chi connectivity index (χ4n) is 1.98. The lowest BCUT2D eigenvalue weighted by molar-refractivity contribution is 0.0755. The number of benzene rings is 1. The van der Waals surface area contributed by atoms with Gasteiger partial charge in [0.2, 0.25) is 0 Å². The van der Waals surface area contributed by atoms with Crippen LogP contribution in [0, 0.1) is 6.92 Å². The van der Waals surface area contributed by atoms with Crippen LogP contribution in [0.2, 0.25) is 0 Å². The Morgan fingerprint density at radius 2 is 2.10 bits per heavy atom. The third kappa shape index (κ3) is 3.41. The van der Waals surface area contributed by atoms with Crippen LogP contribution in [-0.4, -0.2) is 17.4 Å². The molecule has 0 bridgehead atoms. The minimum atomic E-state index is -0.0155. The largest absolute Gasteiger partial charge is 0.398 e. The van der Waals surface area contributed by atoms with E-state index in [-0.39, 0.29) is 5.91 Å². The van der Waals surface area contributed by atoms with Crippen LogP contribution in [0.4, 0.5) is 5.69 Å². The highest BCUT2D eigenvalue weighted by molar-refractivity contribution is 9.11. The van der Waals surface area contributed by atoms with E-state index in [0.29, 0.717) is 24.3 Å². The summed E-state index contributed by atoms with van der Waals surface area (Å²) in [6.45, 7) is 5.20. The number of nitrogens with zero attached hydrogens (tertiary/aromatic N) is 1. The molecule has 0 fully saturated rings. The van der Waals surface area contributed by atoms with Crippen LogP contribution in [0.1, 0.15) is 27.7 Å². The molecule has 1 amide bonds. The van der Waals surface area contributed by atoms with Gasteiger partial charge < -0.3 is 10.6 Å². The molecule has 0 aliphatic carbocycles. The number of carbonyl (C=O) groups is 1. The smallest absolute Gasteiger partial charge is 0.256 e. The quantitative estimate of drug-likeness (QED) is 0.843. The zero-order chi connectivity index (χ0) is 14.7. The number of carbonyl (C=O) groups excluding carboxylic acids is 1. The van der Waals surface area contributed by atoms with Crippen molar-refractivity contribution in [2.75, 3.05) is 12.3 Å². The van der Waals surface area contributed by atoms with Crippen LogP contribution in [0.3, 0.4) is 0 Å². The second kappa shape index (κ2) is 6.41. The first kappa shape index (κ1) is 15.1. The number of aryl methyl sites for hydroxylation is 1. The van der Waals surface area contributed by atoms with E-state index in [1.165, 1.54) is 0 Å². The molecule has 0 radical (unpaired) electrons. The van der Waals surface area contributed by atoms with E-state index >= 15 is 0 Å². The minimum Gasteiger partial charge on any atom is -0.398 e. The van der Waals surface area contributed by atoms with Crippen molar-refractivity contribution in [3.63, 3.8) is 0 Å². The number of hydrogen-bond acceptors (Lipinski definition) is 3. The number of halogens is 1. The van der Waals surface area contributed by atoms with E-state index in [9.17, 15) is 4.79 Å². The third-order valence-electron chi connectivity index (χ3n) is 3.08. The number of hydrogen-bond donors (Lipinski definition) is 1. The summed E-state index contributed by atoms with van der Waals surface area (Å²) >= 11 is 5.09. The number of thiophene rings is 1. The van der Waals surface area contributed by atoms with Crippen LogP contribution in [0.15, 0.2) is 34.1 Å². The van der Waals surface area contributed by atoms with Gasteiger partial charge in [-0.15, -0.1) is 11.3 Å². The van der Waals surface area contributed by atoms with Crippen molar-refractivity contribution >= 4 is 38.9 Å². The van der Waals surface area contributed by atoms with Crippen LogP contribution < -0.4 is 5.73 Å². The number of anilines is 1. The van der Waals surface area contributed by atoms with E-state index in [1.54, 1.807) is 17.4 Å². The maximum Gasteiger partial charge on any atom is 0.256 e. The van der Waals surface area contributed by atoms with Crippen LogP contribution >= 0.6 is 27.3 Å². The molecule has 3 nitrogen and oxygen atoms in total. The molecule has 0 unspecified atom stereocenters. The predicted molar refractivity (Wildman–Crippen MR) is 88.0 cm³/mol. The van der Waals surface area contributed by atoms with Gasteiger partial charge in [-0.1, -0.05) is 11.6 Å². The van der Waals surface area contributed by atoms with Gasteiger partial charge in [-0.05, 0) is 54.0 Å². The van der Waals surface area contributed by atoms with Crippen LogP contribution in [-0.2, 0) is 6.54 Å². The van der Waals surface area contributed by atoms with Crippen molar-refractivity contribution in [3.8, 4) is 0 Å². The SMILES string of the molecule is CCN(Cc1ccc(Br)s1)C(=O)c1cc(C)ccc1N. The van der Waals surface area contributed by atoms with E-state index in [4.69, 9.17) is 5.73 Å². The summed E-state index contributed by atoms with van der Waals surface area (Å²) in [5, 5.41) is 0. The lowest BCUT2D eigenvalue weighted by Crippen LogP contribution is -2.30.